The van der Waals surface area contributed by atoms with Gasteiger partial charge in [-0.1, -0.05) is 18.2 Å². The van der Waals surface area contributed by atoms with Gasteiger partial charge in [0.15, 0.2) is 0 Å². The van der Waals surface area contributed by atoms with Crippen LogP contribution >= 0.6 is 0 Å². The summed E-state index contributed by atoms with van der Waals surface area (Å²) >= 11 is 0. The summed E-state index contributed by atoms with van der Waals surface area (Å²) in [4.78, 5) is 25.3. The summed E-state index contributed by atoms with van der Waals surface area (Å²) in [5, 5.41) is 11.6. The molecule has 5 nitrogen and oxygen atoms in total. The van der Waals surface area contributed by atoms with Crippen LogP contribution < -0.4 is 10.2 Å². The molecule has 0 bridgehead atoms. The van der Waals surface area contributed by atoms with Gasteiger partial charge in [-0.2, -0.15) is 5.26 Å². The molecule has 0 fully saturated rings. The van der Waals surface area contributed by atoms with E-state index in [2.05, 4.69) is 5.32 Å². The van der Waals surface area contributed by atoms with Crippen LogP contribution in [0.15, 0.2) is 54.6 Å². The van der Waals surface area contributed by atoms with Crippen molar-refractivity contribution in [3.8, 4) is 6.07 Å². The van der Waals surface area contributed by atoms with Crippen LogP contribution in [0.4, 0.5) is 5.69 Å². The lowest BCUT2D eigenvalue weighted by Gasteiger charge is -2.21. The molecule has 5 heteroatoms. The molecule has 2 amide bonds. The summed E-state index contributed by atoms with van der Waals surface area (Å²) in [6.07, 6.45) is 0. The molecule has 0 aliphatic heterocycles. The van der Waals surface area contributed by atoms with Gasteiger partial charge in [-0.25, -0.2) is 0 Å². The minimum atomic E-state index is -0.172. The molecule has 0 heterocycles. The summed E-state index contributed by atoms with van der Waals surface area (Å²) in [5.41, 5.74) is 1.82. The SMILES string of the molecule is CC(=O)N(CCNC(=O)c1ccccc1)c1ccc(C#N)cc1. The van der Waals surface area contributed by atoms with Gasteiger partial charge in [0.2, 0.25) is 5.91 Å². The van der Waals surface area contributed by atoms with E-state index in [0.29, 0.717) is 29.9 Å². The number of rotatable bonds is 5. The molecule has 0 unspecified atom stereocenters. The Morgan fingerprint density at radius 2 is 1.74 bits per heavy atom. The predicted molar refractivity (Wildman–Crippen MR) is 88.0 cm³/mol. The van der Waals surface area contributed by atoms with Crippen molar-refractivity contribution in [2.24, 2.45) is 0 Å². The van der Waals surface area contributed by atoms with E-state index in [0.717, 1.165) is 0 Å². The first kappa shape index (κ1) is 16.2. The zero-order valence-electron chi connectivity index (χ0n) is 12.8. The smallest absolute Gasteiger partial charge is 0.251 e. The van der Waals surface area contributed by atoms with Crippen molar-refractivity contribution in [3.05, 3.63) is 65.7 Å². The minimum Gasteiger partial charge on any atom is -0.350 e. The Kier molecular flexibility index (Phi) is 5.48. The van der Waals surface area contributed by atoms with Crippen LogP contribution in [0.5, 0.6) is 0 Å². The van der Waals surface area contributed by atoms with Gasteiger partial charge in [-0.3, -0.25) is 9.59 Å². The lowest BCUT2D eigenvalue weighted by Crippen LogP contribution is -2.37. The zero-order chi connectivity index (χ0) is 16.7. The molecule has 0 saturated heterocycles. The third-order valence-corrected chi connectivity index (χ3v) is 3.35. The molecule has 0 aliphatic rings. The number of carbonyl (C=O) groups excluding carboxylic acids is 2. The van der Waals surface area contributed by atoms with E-state index in [1.165, 1.54) is 6.92 Å². The molecule has 2 aromatic carbocycles. The first-order chi connectivity index (χ1) is 11.1. The van der Waals surface area contributed by atoms with Gasteiger partial charge < -0.3 is 10.2 Å². The number of carbonyl (C=O) groups is 2. The highest BCUT2D eigenvalue weighted by Crippen LogP contribution is 2.15. The van der Waals surface area contributed by atoms with Crippen molar-refractivity contribution in [3.63, 3.8) is 0 Å². The lowest BCUT2D eigenvalue weighted by atomic mass is 10.2. The highest BCUT2D eigenvalue weighted by Gasteiger charge is 2.12. The van der Waals surface area contributed by atoms with E-state index < -0.39 is 0 Å². The Bertz CT molecular complexity index is 718. The van der Waals surface area contributed by atoms with Crippen molar-refractivity contribution in [1.82, 2.24) is 5.32 Å². The van der Waals surface area contributed by atoms with Gasteiger partial charge in [-0.15, -0.1) is 0 Å². The number of nitrogens with one attached hydrogen (secondary N) is 1. The number of nitriles is 1. The number of anilines is 1. The van der Waals surface area contributed by atoms with Gasteiger partial charge in [0.25, 0.3) is 5.91 Å². The van der Waals surface area contributed by atoms with Crippen LogP contribution in [-0.2, 0) is 4.79 Å². The molecule has 2 rings (SSSR count). The fraction of sp³-hybridized carbons (Fsp3) is 0.167. The van der Waals surface area contributed by atoms with E-state index in [-0.39, 0.29) is 11.8 Å². The summed E-state index contributed by atoms with van der Waals surface area (Å²) < 4.78 is 0. The third kappa shape index (κ3) is 4.42. The van der Waals surface area contributed by atoms with Crippen LogP contribution in [0, 0.1) is 11.3 Å². The minimum absolute atomic E-state index is 0.122. The molecule has 0 spiro atoms. The maximum absolute atomic E-state index is 12.0. The Hall–Kier alpha value is -3.13. The second-order valence-electron chi connectivity index (χ2n) is 4.95. The van der Waals surface area contributed by atoms with Crippen LogP contribution in [0.3, 0.4) is 0 Å². The zero-order valence-corrected chi connectivity index (χ0v) is 12.8. The summed E-state index contributed by atoms with van der Waals surface area (Å²) in [6.45, 7) is 2.17. The second kappa shape index (κ2) is 7.76. The van der Waals surface area contributed by atoms with Crippen molar-refractivity contribution in [2.75, 3.05) is 18.0 Å². The fourth-order valence-corrected chi connectivity index (χ4v) is 2.16. The number of nitrogens with zero attached hydrogens (tertiary/aromatic N) is 2. The summed E-state index contributed by atoms with van der Waals surface area (Å²) in [6, 6.07) is 17.7. The van der Waals surface area contributed by atoms with Crippen LogP contribution in [0.2, 0.25) is 0 Å². The van der Waals surface area contributed by atoms with E-state index in [4.69, 9.17) is 5.26 Å². The van der Waals surface area contributed by atoms with E-state index in [1.807, 2.05) is 12.1 Å². The quantitative estimate of drug-likeness (QED) is 0.921. The monoisotopic (exact) mass is 307 g/mol. The third-order valence-electron chi connectivity index (χ3n) is 3.35. The number of hydrogen-bond donors (Lipinski definition) is 1. The van der Waals surface area contributed by atoms with Crippen molar-refractivity contribution in [1.29, 1.82) is 5.26 Å². The maximum Gasteiger partial charge on any atom is 0.251 e. The van der Waals surface area contributed by atoms with E-state index in [9.17, 15) is 9.59 Å². The largest absolute Gasteiger partial charge is 0.350 e. The highest BCUT2D eigenvalue weighted by atomic mass is 16.2. The average Bonchev–Trinajstić information content (AvgIpc) is 2.59. The Balaban J connectivity index is 1.96. The van der Waals surface area contributed by atoms with Gasteiger partial charge in [0, 0.05) is 31.3 Å². The maximum atomic E-state index is 12.0. The number of hydrogen-bond acceptors (Lipinski definition) is 3. The van der Waals surface area contributed by atoms with Gasteiger partial charge in [0.1, 0.15) is 0 Å². The molecule has 1 N–H and O–H groups in total. The molecule has 0 radical (unpaired) electrons. The normalized spacial score (nSPS) is 9.74. The molecule has 2 aromatic rings. The van der Waals surface area contributed by atoms with E-state index in [1.54, 1.807) is 53.4 Å². The Labute approximate surface area is 135 Å². The second-order valence-corrected chi connectivity index (χ2v) is 4.95. The molecule has 0 aliphatic carbocycles. The average molecular weight is 307 g/mol. The van der Waals surface area contributed by atoms with Crippen molar-refractivity contribution in [2.45, 2.75) is 6.92 Å². The van der Waals surface area contributed by atoms with Gasteiger partial charge >= 0.3 is 0 Å². The van der Waals surface area contributed by atoms with Crippen molar-refractivity contribution >= 4 is 17.5 Å². The highest BCUT2D eigenvalue weighted by molar-refractivity contribution is 5.94. The number of amides is 2. The molecule has 0 saturated carbocycles. The Morgan fingerprint density at radius 3 is 2.30 bits per heavy atom. The molecule has 0 aromatic heterocycles. The molecular weight excluding hydrogens is 290 g/mol. The predicted octanol–water partition coefficient (Wildman–Crippen LogP) is 2.34. The lowest BCUT2D eigenvalue weighted by molar-refractivity contribution is -0.116. The Morgan fingerprint density at radius 1 is 1.09 bits per heavy atom. The van der Waals surface area contributed by atoms with Crippen LogP contribution in [-0.4, -0.2) is 24.9 Å². The van der Waals surface area contributed by atoms with Gasteiger partial charge in [0.05, 0.1) is 11.6 Å². The van der Waals surface area contributed by atoms with E-state index >= 15 is 0 Å². The molecule has 116 valence electrons. The first-order valence-corrected chi connectivity index (χ1v) is 7.23. The topological polar surface area (TPSA) is 73.2 Å². The first-order valence-electron chi connectivity index (χ1n) is 7.23. The van der Waals surface area contributed by atoms with Crippen LogP contribution in [0.1, 0.15) is 22.8 Å². The van der Waals surface area contributed by atoms with Crippen LogP contribution in [0.25, 0.3) is 0 Å². The summed E-state index contributed by atoms with van der Waals surface area (Å²) in [7, 11) is 0. The summed E-state index contributed by atoms with van der Waals surface area (Å²) in [5.74, 6) is -0.294. The van der Waals surface area contributed by atoms with Gasteiger partial charge in [-0.05, 0) is 36.4 Å². The molecular formula is C18H17N3O2. The molecule has 23 heavy (non-hydrogen) atoms. The molecule has 0 atom stereocenters. The fourth-order valence-electron chi connectivity index (χ4n) is 2.16. The van der Waals surface area contributed by atoms with Crippen molar-refractivity contribution < 1.29 is 9.59 Å². The number of benzene rings is 2. The standard InChI is InChI=1S/C18H17N3O2/c1-14(22)21(17-9-7-15(13-19)8-10-17)12-11-20-18(23)16-5-3-2-4-6-16/h2-10H,11-12H2,1H3,(H,20,23).